The van der Waals surface area contributed by atoms with Gasteiger partial charge in [-0.05, 0) is 25.1 Å². The molecule has 2 aromatic heterocycles. The fourth-order valence-corrected chi connectivity index (χ4v) is 2.78. The van der Waals surface area contributed by atoms with Crippen LogP contribution in [0.2, 0.25) is 0 Å². The van der Waals surface area contributed by atoms with Gasteiger partial charge < -0.3 is 14.8 Å². The van der Waals surface area contributed by atoms with E-state index in [1.165, 1.54) is 11.3 Å². The van der Waals surface area contributed by atoms with E-state index in [-0.39, 0.29) is 12.5 Å². The lowest BCUT2D eigenvalue weighted by molar-refractivity contribution is 0.0946. The Kier molecular flexibility index (Phi) is 5.25. The summed E-state index contributed by atoms with van der Waals surface area (Å²) in [7, 11) is 1.58. The Morgan fingerprint density at radius 3 is 2.72 bits per heavy atom. The maximum Gasteiger partial charge on any atom is 0.271 e. The Hall–Kier alpha value is -2.93. The second-order valence-corrected chi connectivity index (χ2v) is 6.22. The number of thiazole rings is 1. The summed E-state index contributed by atoms with van der Waals surface area (Å²) in [5, 5.41) is 5.43. The SMILES string of the molecule is COc1ccccc1Oc1ncccc1CNC(=O)c1csc(C)n1. The predicted octanol–water partition coefficient (Wildman–Crippen LogP) is 3.58. The van der Waals surface area contributed by atoms with Crippen molar-refractivity contribution in [3.05, 3.63) is 64.2 Å². The zero-order valence-electron chi connectivity index (χ0n) is 13.9. The van der Waals surface area contributed by atoms with Crippen LogP contribution in [0, 0.1) is 6.92 Å². The zero-order valence-corrected chi connectivity index (χ0v) is 14.7. The van der Waals surface area contributed by atoms with Crippen molar-refractivity contribution in [2.45, 2.75) is 13.5 Å². The molecule has 0 spiro atoms. The molecular formula is C18H17N3O3S. The van der Waals surface area contributed by atoms with E-state index in [2.05, 4.69) is 15.3 Å². The highest BCUT2D eigenvalue weighted by Gasteiger charge is 2.13. The molecule has 0 aliphatic carbocycles. The molecule has 0 aliphatic heterocycles. The average molecular weight is 355 g/mol. The van der Waals surface area contributed by atoms with Gasteiger partial charge in [-0.15, -0.1) is 11.3 Å². The monoisotopic (exact) mass is 355 g/mol. The Morgan fingerprint density at radius 2 is 2.00 bits per heavy atom. The summed E-state index contributed by atoms with van der Waals surface area (Å²) in [4.78, 5) is 20.6. The van der Waals surface area contributed by atoms with Crippen LogP contribution in [0.4, 0.5) is 0 Å². The summed E-state index contributed by atoms with van der Waals surface area (Å²) >= 11 is 1.44. The van der Waals surface area contributed by atoms with E-state index in [0.29, 0.717) is 23.1 Å². The van der Waals surface area contributed by atoms with Crippen LogP contribution in [-0.2, 0) is 6.54 Å². The van der Waals surface area contributed by atoms with Gasteiger partial charge in [-0.2, -0.15) is 0 Å². The topological polar surface area (TPSA) is 73.3 Å². The third-order valence-electron chi connectivity index (χ3n) is 3.42. The third-order valence-corrected chi connectivity index (χ3v) is 4.19. The first-order valence-corrected chi connectivity index (χ1v) is 8.50. The number of benzene rings is 1. The molecule has 2 heterocycles. The van der Waals surface area contributed by atoms with E-state index >= 15 is 0 Å². The molecule has 128 valence electrons. The Bertz CT molecular complexity index is 879. The lowest BCUT2D eigenvalue weighted by Crippen LogP contribution is -2.23. The van der Waals surface area contributed by atoms with Crippen LogP contribution in [0.15, 0.2) is 48.0 Å². The van der Waals surface area contributed by atoms with Crippen LogP contribution >= 0.6 is 11.3 Å². The van der Waals surface area contributed by atoms with Gasteiger partial charge in [-0.25, -0.2) is 9.97 Å². The molecule has 3 rings (SSSR count). The van der Waals surface area contributed by atoms with Gasteiger partial charge in [0.1, 0.15) is 5.69 Å². The number of carbonyl (C=O) groups is 1. The van der Waals surface area contributed by atoms with Gasteiger partial charge in [0.2, 0.25) is 5.88 Å². The average Bonchev–Trinajstić information content (AvgIpc) is 3.08. The molecule has 1 N–H and O–H groups in total. The van der Waals surface area contributed by atoms with Crippen LogP contribution in [0.1, 0.15) is 21.1 Å². The van der Waals surface area contributed by atoms with Gasteiger partial charge >= 0.3 is 0 Å². The number of nitrogens with zero attached hydrogens (tertiary/aromatic N) is 2. The van der Waals surface area contributed by atoms with Crippen LogP contribution in [0.3, 0.4) is 0 Å². The van der Waals surface area contributed by atoms with Crippen molar-refractivity contribution >= 4 is 17.2 Å². The smallest absolute Gasteiger partial charge is 0.271 e. The summed E-state index contributed by atoms with van der Waals surface area (Å²) < 4.78 is 11.2. The Balaban J connectivity index is 1.73. The van der Waals surface area contributed by atoms with Gasteiger partial charge in [0.05, 0.1) is 12.1 Å². The van der Waals surface area contributed by atoms with Crippen LogP contribution < -0.4 is 14.8 Å². The molecule has 6 nitrogen and oxygen atoms in total. The molecule has 0 bridgehead atoms. The van der Waals surface area contributed by atoms with Gasteiger partial charge in [0.15, 0.2) is 11.5 Å². The summed E-state index contributed by atoms with van der Waals surface area (Å²) in [6.07, 6.45) is 1.64. The van der Waals surface area contributed by atoms with Crippen molar-refractivity contribution in [1.29, 1.82) is 0 Å². The molecule has 0 unspecified atom stereocenters. The maximum absolute atomic E-state index is 12.2. The minimum absolute atomic E-state index is 0.226. The van der Waals surface area contributed by atoms with E-state index < -0.39 is 0 Å². The number of rotatable bonds is 6. The number of para-hydroxylation sites is 2. The highest BCUT2D eigenvalue weighted by atomic mass is 32.1. The number of hydrogen-bond donors (Lipinski definition) is 1. The lowest BCUT2D eigenvalue weighted by Gasteiger charge is -2.12. The van der Waals surface area contributed by atoms with Crippen molar-refractivity contribution in [1.82, 2.24) is 15.3 Å². The van der Waals surface area contributed by atoms with E-state index in [1.54, 1.807) is 30.8 Å². The molecule has 3 aromatic rings. The van der Waals surface area contributed by atoms with Crippen molar-refractivity contribution in [2.75, 3.05) is 7.11 Å². The number of pyridine rings is 1. The lowest BCUT2D eigenvalue weighted by atomic mass is 10.2. The fourth-order valence-electron chi connectivity index (χ4n) is 2.19. The number of carbonyl (C=O) groups excluding carboxylic acids is 1. The summed E-state index contributed by atoms with van der Waals surface area (Å²) in [5.74, 6) is 1.37. The Morgan fingerprint density at radius 1 is 1.20 bits per heavy atom. The number of nitrogens with one attached hydrogen (secondary N) is 1. The number of aryl methyl sites for hydroxylation is 1. The van der Waals surface area contributed by atoms with E-state index in [1.807, 2.05) is 31.2 Å². The van der Waals surface area contributed by atoms with E-state index in [9.17, 15) is 4.79 Å². The second-order valence-electron chi connectivity index (χ2n) is 5.16. The largest absolute Gasteiger partial charge is 0.493 e. The van der Waals surface area contributed by atoms with Gasteiger partial charge in [0.25, 0.3) is 5.91 Å². The first kappa shape index (κ1) is 16.9. The van der Waals surface area contributed by atoms with Crippen LogP contribution in [-0.4, -0.2) is 23.0 Å². The number of hydrogen-bond acceptors (Lipinski definition) is 6. The normalized spacial score (nSPS) is 10.3. The third kappa shape index (κ3) is 4.13. The molecular weight excluding hydrogens is 338 g/mol. The van der Waals surface area contributed by atoms with Gasteiger partial charge in [-0.1, -0.05) is 18.2 Å². The minimum atomic E-state index is -0.226. The van der Waals surface area contributed by atoms with Crippen LogP contribution in [0.5, 0.6) is 17.4 Å². The number of methoxy groups -OCH3 is 1. The van der Waals surface area contributed by atoms with Crippen molar-refractivity contribution in [3.8, 4) is 17.4 Å². The minimum Gasteiger partial charge on any atom is -0.493 e. The molecule has 25 heavy (non-hydrogen) atoms. The standard InChI is InChI=1S/C18H17N3O3S/c1-12-21-14(11-25-12)17(22)20-10-13-6-5-9-19-18(13)24-16-8-4-3-7-15(16)23-2/h3-9,11H,10H2,1-2H3,(H,20,22). The number of aromatic nitrogens is 2. The molecule has 1 aromatic carbocycles. The first-order valence-electron chi connectivity index (χ1n) is 7.62. The molecule has 0 atom stereocenters. The molecule has 0 saturated heterocycles. The van der Waals surface area contributed by atoms with Crippen molar-refractivity contribution < 1.29 is 14.3 Å². The fraction of sp³-hybridized carbons (Fsp3) is 0.167. The molecule has 0 saturated carbocycles. The van der Waals surface area contributed by atoms with E-state index in [0.717, 1.165) is 10.6 Å². The number of amides is 1. The molecule has 0 aliphatic rings. The van der Waals surface area contributed by atoms with Crippen LogP contribution in [0.25, 0.3) is 0 Å². The molecule has 0 fully saturated rings. The maximum atomic E-state index is 12.2. The first-order chi connectivity index (χ1) is 12.2. The molecule has 7 heteroatoms. The summed E-state index contributed by atoms with van der Waals surface area (Å²) in [5.41, 5.74) is 1.17. The van der Waals surface area contributed by atoms with Crippen molar-refractivity contribution in [2.24, 2.45) is 0 Å². The van der Waals surface area contributed by atoms with Gasteiger partial charge in [-0.3, -0.25) is 4.79 Å². The predicted molar refractivity (Wildman–Crippen MR) is 95.3 cm³/mol. The summed E-state index contributed by atoms with van der Waals surface area (Å²) in [6, 6.07) is 11.0. The molecule has 0 radical (unpaired) electrons. The second kappa shape index (κ2) is 7.76. The Labute approximate surface area is 149 Å². The van der Waals surface area contributed by atoms with Crippen molar-refractivity contribution in [3.63, 3.8) is 0 Å². The molecule has 1 amide bonds. The van der Waals surface area contributed by atoms with E-state index in [4.69, 9.17) is 9.47 Å². The highest BCUT2D eigenvalue weighted by molar-refractivity contribution is 7.09. The quantitative estimate of drug-likeness (QED) is 0.732. The number of ether oxygens (including phenoxy) is 2. The zero-order chi connectivity index (χ0) is 17.6. The highest BCUT2D eigenvalue weighted by Crippen LogP contribution is 2.31. The van der Waals surface area contributed by atoms with Gasteiger partial charge in [0, 0.05) is 23.7 Å². The summed E-state index contributed by atoms with van der Waals surface area (Å²) in [6.45, 7) is 2.15.